The molecule has 0 saturated carbocycles. The third-order valence-corrected chi connectivity index (χ3v) is 1.71. The number of hydrogen-bond donors (Lipinski definition) is 2. The number of aromatic nitrogens is 2. The standard InChI is InChI=1S/C8H8F6N4/c1-15-6-17-4(8(12,13)14)2-5(18-6)16-3-7(9,10)11/h2H,3H2,1H3,(H2,15,16,17,18). The highest BCUT2D eigenvalue weighted by molar-refractivity contribution is 5.42. The van der Waals surface area contributed by atoms with Gasteiger partial charge in [0.25, 0.3) is 0 Å². The summed E-state index contributed by atoms with van der Waals surface area (Å²) < 4.78 is 72.9. The molecule has 0 aliphatic carbocycles. The minimum absolute atomic E-state index is 0.409. The van der Waals surface area contributed by atoms with Gasteiger partial charge in [0.05, 0.1) is 0 Å². The van der Waals surface area contributed by atoms with Gasteiger partial charge in [-0.15, -0.1) is 0 Å². The summed E-state index contributed by atoms with van der Waals surface area (Å²) in [4.78, 5) is 6.53. The molecule has 0 fully saturated rings. The van der Waals surface area contributed by atoms with E-state index in [0.717, 1.165) is 0 Å². The molecule has 4 nitrogen and oxygen atoms in total. The molecule has 0 aliphatic rings. The van der Waals surface area contributed by atoms with Crippen molar-refractivity contribution in [3.05, 3.63) is 11.8 Å². The lowest BCUT2D eigenvalue weighted by atomic mass is 10.3. The SMILES string of the molecule is CNc1nc(NCC(F)(F)F)cc(C(F)(F)F)n1. The summed E-state index contributed by atoms with van der Waals surface area (Å²) in [6.07, 6.45) is -9.31. The second-order valence-corrected chi connectivity index (χ2v) is 3.18. The molecule has 10 heteroatoms. The quantitative estimate of drug-likeness (QED) is 0.831. The summed E-state index contributed by atoms with van der Waals surface area (Å²) in [6.45, 7) is -1.48. The zero-order chi connectivity index (χ0) is 14.0. The molecule has 2 N–H and O–H groups in total. The highest BCUT2D eigenvalue weighted by atomic mass is 19.4. The van der Waals surface area contributed by atoms with E-state index in [4.69, 9.17) is 0 Å². The zero-order valence-corrected chi connectivity index (χ0v) is 8.95. The molecule has 0 radical (unpaired) electrons. The van der Waals surface area contributed by atoms with Crippen LogP contribution in [0.3, 0.4) is 0 Å². The highest BCUT2D eigenvalue weighted by Gasteiger charge is 2.34. The van der Waals surface area contributed by atoms with Crippen LogP contribution in [0.25, 0.3) is 0 Å². The van der Waals surface area contributed by atoms with E-state index >= 15 is 0 Å². The summed E-state index contributed by atoms with van der Waals surface area (Å²) in [5, 5.41) is 3.99. The van der Waals surface area contributed by atoms with Crippen molar-refractivity contribution in [2.75, 3.05) is 24.2 Å². The number of nitrogens with zero attached hydrogens (tertiary/aromatic N) is 2. The van der Waals surface area contributed by atoms with E-state index in [9.17, 15) is 26.3 Å². The van der Waals surface area contributed by atoms with Crippen LogP contribution in [-0.2, 0) is 6.18 Å². The van der Waals surface area contributed by atoms with Gasteiger partial charge >= 0.3 is 12.4 Å². The maximum absolute atomic E-state index is 12.4. The van der Waals surface area contributed by atoms with Gasteiger partial charge in [0, 0.05) is 13.1 Å². The fourth-order valence-corrected chi connectivity index (χ4v) is 0.986. The zero-order valence-electron chi connectivity index (χ0n) is 8.95. The van der Waals surface area contributed by atoms with Gasteiger partial charge in [-0.25, -0.2) is 4.98 Å². The average molecular weight is 274 g/mol. The monoisotopic (exact) mass is 274 g/mol. The van der Waals surface area contributed by atoms with Gasteiger partial charge in [-0.2, -0.15) is 31.3 Å². The van der Waals surface area contributed by atoms with Crippen LogP contribution in [0.1, 0.15) is 5.69 Å². The minimum Gasteiger partial charge on any atom is -0.361 e. The molecular weight excluding hydrogens is 266 g/mol. The Morgan fingerprint density at radius 1 is 1.11 bits per heavy atom. The van der Waals surface area contributed by atoms with Gasteiger partial charge in [-0.3, -0.25) is 0 Å². The molecular formula is C8H8F6N4. The topological polar surface area (TPSA) is 49.8 Å². The van der Waals surface area contributed by atoms with Crippen LogP contribution in [0.15, 0.2) is 6.07 Å². The number of halogens is 6. The molecule has 0 bridgehead atoms. The second-order valence-electron chi connectivity index (χ2n) is 3.18. The maximum Gasteiger partial charge on any atom is 0.433 e. The number of anilines is 2. The molecule has 0 unspecified atom stereocenters. The van der Waals surface area contributed by atoms with Crippen molar-refractivity contribution >= 4 is 11.8 Å². The summed E-state index contributed by atoms with van der Waals surface area (Å²) in [5.74, 6) is -0.978. The Balaban J connectivity index is 2.98. The van der Waals surface area contributed by atoms with Crippen LogP contribution in [-0.4, -0.2) is 29.7 Å². The third kappa shape index (κ3) is 4.26. The van der Waals surface area contributed by atoms with Crippen LogP contribution >= 0.6 is 0 Å². The summed E-state index contributed by atoms with van der Waals surface area (Å²) >= 11 is 0. The van der Waals surface area contributed by atoms with Crippen LogP contribution in [0, 0.1) is 0 Å². The van der Waals surface area contributed by atoms with E-state index in [1.54, 1.807) is 5.32 Å². The van der Waals surface area contributed by atoms with Crippen molar-refractivity contribution < 1.29 is 26.3 Å². The summed E-state index contributed by atoms with van der Waals surface area (Å²) in [6, 6.07) is 0.409. The Morgan fingerprint density at radius 3 is 2.17 bits per heavy atom. The molecule has 0 atom stereocenters. The average Bonchev–Trinajstić information content (AvgIpc) is 2.24. The Labute approximate surface area is 97.4 Å². The minimum atomic E-state index is -4.76. The lowest BCUT2D eigenvalue weighted by Crippen LogP contribution is -2.22. The molecule has 0 spiro atoms. The first-order chi connectivity index (χ1) is 8.12. The molecule has 18 heavy (non-hydrogen) atoms. The molecule has 1 rings (SSSR count). The molecule has 0 amide bonds. The van der Waals surface area contributed by atoms with Crippen LogP contribution in [0.5, 0.6) is 0 Å². The molecule has 1 heterocycles. The van der Waals surface area contributed by atoms with Gasteiger partial charge in [0.1, 0.15) is 12.4 Å². The van der Waals surface area contributed by atoms with Crippen molar-refractivity contribution in [3.63, 3.8) is 0 Å². The van der Waals surface area contributed by atoms with Gasteiger partial charge in [0.2, 0.25) is 5.95 Å². The molecule has 0 saturated heterocycles. The first-order valence-corrected chi connectivity index (χ1v) is 4.56. The van der Waals surface area contributed by atoms with Crippen LogP contribution in [0.2, 0.25) is 0 Å². The van der Waals surface area contributed by atoms with Crippen molar-refractivity contribution in [1.29, 1.82) is 0 Å². The molecule has 102 valence electrons. The van der Waals surface area contributed by atoms with E-state index < -0.39 is 36.4 Å². The van der Waals surface area contributed by atoms with Gasteiger partial charge in [0.15, 0.2) is 5.69 Å². The number of alkyl halides is 6. The Bertz CT molecular complexity index is 413. The van der Waals surface area contributed by atoms with Crippen molar-refractivity contribution in [1.82, 2.24) is 9.97 Å². The molecule has 0 aromatic carbocycles. The molecule has 1 aromatic rings. The fourth-order valence-electron chi connectivity index (χ4n) is 0.986. The second kappa shape index (κ2) is 4.86. The molecule has 1 aromatic heterocycles. The summed E-state index contributed by atoms with van der Waals surface area (Å²) in [5.41, 5.74) is -1.33. The van der Waals surface area contributed by atoms with Crippen molar-refractivity contribution in [3.8, 4) is 0 Å². The Hall–Kier alpha value is -1.74. The normalized spacial score (nSPS) is 12.4. The number of nitrogens with one attached hydrogen (secondary N) is 2. The van der Waals surface area contributed by atoms with Crippen molar-refractivity contribution in [2.24, 2.45) is 0 Å². The maximum atomic E-state index is 12.4. The van der Waals surface area contributed by atoms with E-state index in [0.29, 0.717) is 6.07 Å². The lowest BCUT2D eigenvalue weighted by Gasteiger charge is -2.12. The van der Waals surface area contributed by atoms with Gasteiger partial charge < -0.3 is 10.6 Å². The third-order valence-electron chi connectivity index (χ3n) is 1.71. The van der Waals surface area contributed by atoms with Crippen molar-refractivity contribution in [2.45, 2.75) is 12.4 Å². The molecule has 0 aliphatic heterocycles. The van der Waals surface area contributed by atoms with E-state index in [-0.39, 0.29) is 0 Å². The van der Waals surface area contributed by atoms with Crippen LogP contribution < -0.4 is 10.6 Å². The van der Waals surface area contributed by atoms with E-state index in [2.05, 4.69) is 15.3 Å². The number of rotatable bonds is 3. The van der Waals surface area contributed by atoms with Gasteiger partial charge in [-0.1, -0.05) is 0 Å². The fraction of sp³-hybridized carbons (Fsp3) is 0.500. The smallest absolute Gasteiger partial charge is 0.361 e. The first kappa shape index (κ1) is 14.3. The summed E-state index contributed by atoms with van der Waals surface area (Å²) in [7, 11) is 1.25. The lowest BCUT2D eigenvalue weighted by molar-refractivity contribution is -0.141. The highest BCUT2D eigenvalue weighted by Crippen LogP contribution is 2.29. The van der Waals surface area contributed by atoms with Gasteiger partial charge in [-0.05, 0) is 0 Å². The van der Waals surface area contributed by atoms with Crippen LogP contribution in [0.4, 0.5) is 38.1 Å². The number of hydrogen-bond acceptors (Lipinski definition) is 4. The largest absolute Gasteiger partial charge is 0.433 e. The Morgan fingerprint density at radius 2 is 1.72 bits per heavy atom. The first-order valence-electron chi connectivity index (χ1n) is 4.56. The van der Waals surface area contributed by atoms with E-state index in [1.165, 1.54) is 7.05 Å². The predicted octanol–water partition coefficient (Wildman–Crippen LogP) is 2.51. The predicted molar refractivity (Wildman–Crippen MR) is 51.1 cm³/mol. The van der Waals surface area contributed by atoms with E-state index in [1.807, 2.05) is 0 Å². The Kier molecular flexibility index (Phi) is 3.87.